The Morgan fingerprint density at radius 1 is 1.07 bits per heavy atom. The van der Waals surface area contributed by atoms with Gasteiger partial charge in [0, 0.05) is 37.1 Å². The minimum absolute atomic E-state index is 0.221. The maximum atomic E-state index is 13.4. The summed E-state index contributed by atoms with van der Waals surface area (Å²) in [6.07, 6.45) is 2.31. The molecule has 3 nitrogen and oxygen atoms in total. The van der Waals surface area contributed by atoms with E-state index in [0.29, 0.717) is 6.04 Å². The number of fused-ring (bicyclic) bond motifs is 1. The first-order valence-corrected chi connectivity index (χ1v) is 9.76. The zero-order chi connectivity index (χ0) is 18.8. The molecule has 1 aromatic heterocycles. The molecule has 140 valence electrons. The number of aromatic nitrogens is 1. The number of benzene rings is 2. The fourth-order valence-electron chi connectivity index (χ4n) is 4.01. The number of nitrogens with zero attached hydrogens (tertiary/aromatic N) is 3. The van der Waals surface area contributed by atoms with Gasteiger partial charge in [-0.2, -0.15) is 0 Å². The van der Waals surface area contributed by atoms with Crippen molar-refractivity contribution in [2.24, 2.45) is 0 Å². The fourth-order valence-corrected chi connectivity index (χ4v) is 4.01. The van der Waals surface area contributed by atoms with Gasteiger partial charge >= 0.3 is 0 Å². The lowest BCUT2D eigenvalue weighted by atomic mass is 10.0. The molecule has 0 bridgehead atoms. The molecule has 3 aromatic rings. The number of hydrogen-bond acceptors (Lipinski definition) is 3. The second-order valence-electron chi connectivity index (χ2n) is 7.33. The van der Waals surface area contributed by atoms with Gasteiger partial charge in [-0.05, 0) is 55.8 Å². The van der Waals surface area contributed by atoms with Crippen LogP contribution in [0.2, 0.25) is 0 Å². The Labute approximate surface area is 160 Å². The predicted octanol–water partition coefficient (Wildman–Crippen LogP) is 4.96. The number of piperidine rings is 1. The average molecular weight is 363 g/mol. The molecule has 0 unspecified atom stereocenters. The molecule has 27 heavy (non-hydrogen) atoms. The summed E-state index contributed by atoms with van der Waals surface area (Å²) >= 11 is 0. The molecule has 1 aliphatic heterocycles. The van der Waals surface area contributed by atoms with Crippen molar-refractivity contribution in [3.8, 4) is 11.3 Å². The van der Waals surface area contributed by atoms with Gasteiger partial charge in [0.25, 0.3) is 0 Å². The van der Waals surface area contributed by atoms with Crippen molar-refractivity contribution in [3.05, 3.63) is 60.4 Å². The van der Waals surface area contributed by atoms with E-state index in [1.165, 1.54) is 12.1 Å². The highest BCUT2D eigenvalue weighted by molar-refractivity contribution is 5.89. The number of halogens is 1. The van der Waals surface area contributed by atoms with E-state index in [-0.39, 0.29) is 5.82 Å². The van der Waals surface area contributed by atoms with E-state index in [9.17, 15) is 4.39 Å². The molecule has 2 heterocycles. The molecule has 0 radical (unpaired) electrons. The Bertz CT molecular complexity index is 915. The summed E-state index contributed by atoms with van der Waals surface area (Å²) in [5.74, 6) is -0.221. The van der Waals surface area contributed by atoms with Gasteiger partial charge in [-0.25, -0.2) is 9.37 Å². The summed E-state index contributed by atoms with van der Waals surface area (Å²) in [5, 5.41) is 1.14. The van der Waals surface area contributed by atoms with E-state index in [1.54, 1.807) is 0 Å². The third-order valence-corrected chi connectivity index (χ3v) is 5.75. The molecule has 4 rings (SSSR count). The molecule has 0 saturated carbocycles. The van der Waals surface area contributed by atoms with Crippen molar-refractivity contribution >= 4 is 16.6 Å². The lowest BCUT2D eigenvalue weighted by molar-refractivity contribution is 0.221. The van der Waals surface area contributed by atoms with Crippen molar-refractivity contribution in [2.45, 2.75) is 25.8 Å². The SMILES string of the molecule is CCN1CCC(N(C)c2cc3ccccc3nc2-c2ccc(F)cc2)CC1. The highest BCUT2D eigenvalue weighted by Crippen LogP contribution is 2.34. The maximum absolute atomic E-state index is 13.4. The van der Waals surface area contributed by atoms with Gasteiger partial charge in [0.2, 0.25) is 0 Å². The first kappa shape index (κ1) is 17.9. The van der Waals surface area contributed by atoms with Gasteiger partial charge in [0.1, 0.15) is 5.82 Å². The molecule has 0 N–H and O–H groups in total. The molecule has 1 saturated heterocycles. The van der Waals surface area contributed by atoms with Gasteiger partial charge in [-0.15, -0.1) is 0 Å². The smallest absolute Gasteiger partial charge is 0.123 e. The predicted molar refractivity (Wildman–Crippen MR) is 111 cm³/mol. The van der Waals surface area contributed by atoms with Crippen LogP contribution in [-0.2, 0) is 0 Å². The maximum Gasteiger partial charge on any atom is 0.123 e. The number of anilines is 1. The zero-order valence-electron chi connectivity index (χ0n) is 16.0. The number of hydrogen-bond donors (Lipinski definition) is 0. The Hall–Kier alpha value is -2.46. The zero-order valence-corrected chi connectivity index (χ0v) is 16.0. The van der Waals surface area contributed by atoms with Crippen LogP contribution < -0.4 is 4.90 Å². The van der Waals surface area contributed by atoms with E-state index >= 15 is 0 Å². The largest absolute Gasteiger partial charge is 0.370 e. The van der Waals surface area contributed by atoms with Crippen molar-refractivity contribution in [1.29, 1.82) is 0 Å². The van der Waals surface area contributed by atoms with Crippen molar-refractivity contribution in [2.75, 3.05) is 31.6 Å². The molecule has 0 amide bonds. The molecular formula is C23H26FN3. The number of rotatable bonds is 4. The highest BCUT2D eigenvalue weighted by atomic mass is 19.1. The highest BCUT2D eigenvalue weighted by Gasteiger charge is 2.24. The fraction of sp³-hybridized carbons (Fsp3) is 0.348. The quantitative estimate of drug-likeness (QED) is 0.653. The summed E-state index contributed by atoms with van der Waals surface area (Å²) in [6, 6.07) is 17.6. The third-order valence-electron chi connectivity index (χ3n) is 5.75. The van der Waals surface area contributed by atoms with Crippen LogP contribution in [0.1, 0.15) is 19.8 Å². The Kier molecular flexibility index (Phi) is 5.08. The Morgan fingerprint density at radius 2 is 1.78 bits per heavy atom. The molecular weight excluding hydrogens is 337 g/mol. The van der Waals surface area contributed by atoms with Crippen LogP contribution in [0.25, 0.3) is 22.2 Å². The number of para-hydroxylation sites is 1. The van der Waals surface area contributed by atoms with Crippen molar-refractivity contribution in [1.82, 2.24) is 9.88 Å². The molecule has 0 spiro atoms. The first-order valence-electron chi connectivity index (χ1n) is 9.76. The van der Waals surface area contributed by atoms with Crippen LogP contribution in [0.3, 0.4) is 0 Å². The number of likely N-dealkylation sites (tertiary alicyclic amines) is 1. The van der Waals surface area contributed by atoms with E-state index in [0.717, 1.165) is 60.3 Å². The van der Waals surface area contributed by atoms with Crippen molar-refractivity contribution in [3.63, 3.8) is 0 Å². The first-order chi connectivity index (χ1) is 13.2. The van der Waals surface area contributed by atoms with Crippen LogP contribution in [0.15, 0.2) is 54.6 Å². The molecule has 0 atom stereocenters. The lowest BCUT2D eigenvalue weighted by Crippen LogP contribution is -2.43. The van der Waals surface area contributed by atoms with Gasteiger partial charge in [0.15, 0.2) is 0 Å². The van der Waals surface area contributed by atoms with Crippen molar-refractivity contribution < 1.29 is 4.39 Å². The topological polar surface area (TPSA) is 19.4 Å². The van der Waals surface area contributed by atoms with Crippen LogP contribution >= 0.6 is 0 Å². The van der Waals surface area contributed by atoms with Gasteiger partial charge in [0.05, 0.1) is 16.9 Å². The van der Waals surface area contributed by atoms with E-state index < -0.39 is 0 Å². The summed E-state index contributed by atoms with van der Waals surface area (Å²) in [4.78, 5) is 9.83. The van der Waals surface area contributed by atoms with E-state index in [2.05, 4.69) is 35.9 Å². The monoisotopic (exact) mass is 363 g/mol. The van der Waals surface area contributed by atoms with E-state index in [4.69, 9.17) is 4.98 Å². The number of pyridine rings is 1. The molecule has 1 aliphatic rings. The van der Waals surface area contributed by atoms with Gasteiger partial charge in [-0.1, -0.05) is 25.1 Å². The van der Waals surface area contributed by atoms with Crippen LogP contribution in [0.4, 0.5) is 10.1 Å². The molecule has 4 heteroatoms. The Balaban J connectivity index is 1.75. The van der Waals surface area contributed by atoms with Crippen LogP contribution in [-0.4, -0.2) is 42.6 Å². The minimum Gasteiger partial charge on any atom is -0.370 e. The second-order valence-corrected chi connectivity index (χ2v) is 7.33. The summed E-state index contributed by atoms with van der Waals surface area (Å²) < 4.78 is 13.4. The molecule has 2 aromatic carbocycles. The Morgan fingerprint density at radius 3 is 2.48 bits per heavy atom. The summed E-state index contributed by atoms with van der Waals surface area (Å²) in [5.41, 5.74) is 3.97. The van der Waals surface area contributed by atoms with Gasteiger partial charge in [-0.3, -0.25) is 0 Å². The summed E-state index contributed by atoms with van der Waals surface area (Å²) in [7, 11) is 2.17. The summed E-state index contributed by atoms with van der Waals surface area (Å²) in [6.45, 7) is 5.62. The minimum atomic E-state index is -0.221. The second kappa shape index (κ2) is 7.65. The average Bonchev–Trinajstić information content (AvgIpc) is 2.73. The third kappa shape index (κ3) is 3.67. The molecule has 0 aliphatic carbocycles. The van der Waals surface area contributed by atoms with Gasteiger partial charge < -0.3 is 9.80 Å². The van der Waals surface area contributed by atoms with Crippen LogP contribution in [0.5, 0.6) is 0 Å². The lowest BCUT2D eigenvalue weighted by Gasteiger charge is -2.38. The normalized spacial score (nSPS) is 16.0. The molecule has 1 fully saturated rings. The van der Waals surface area contributed by atoms with E-state index in [1.807, 2.05) is 30.3 Å². The standard InChI is InChI=1S/C23H26FN3/c1-3-27-14-12-20(13-15-27)26(2)22-16-18-6-4-5-7-21(18)25-23(22)17-8-10-19(24)11-9-17/h4-11,16,20H,3,12-15H2,1-2H3. The van der Waals surface area contributed by atoms with Crippen LogP contribution in [0, 0.1) is 5.82 Å².